The summed E-state index contributed by atoms with van der Waals surface area (Å²) in [4.78, 5) is 22.8. The van der Waals surface area contributed by atoms with Crippen LogP contribution in [0.5, 0.6) is 0 Å². The number of hydrogen-bond donors (Lipinski definition) is 2. The number of anilines is 1. The van der Waals surface area contributed by atoms with E-state index in [0.717, 1.165) is 6.07 Å². The third kappa shape index (κ3) is 3.70. The summed E-state index contributed by atoms with van der Waals surface area (Å²) in [5.41, 5.74) is 0.117. The predicted octanol–water partition coefficient (Wildman–Crippen LogP) is 2.18. The molecule has 112 valence electrons. The van der Waals surface area contributed by atoms with E-state index < -0.39 is 11.7 Å². The number of amides is 2. The Balaban J connectivity index is 2.06. The maximum atomic E-state index is 13.2. The normalized spacial score (nSPS) is 9.86. The van der Waals surface area contributed by atoms with Gasteiger partial charge in [-0.25, -0.2) is 4.39 Å². The average Bonchev–Trinajstić information content (AvgIpc) is 2.96. The van der Waals surface area contributed by atoms with E-state index in [1.807, 2.05) is 0 Å². The number of carbonyl (C=O) groups is 2. The first-order valence-electron chi connectivity index (χ1n) is 6.33. The highest BCUT2D eigenvalue weighted by atomic mass is 19.1. The van der Waals surface area contributed by atoms with Gasteiger partial charge in [-0.3, -0.25) is 9.59 Å². The SMILES string of the molecule is CC(=O)NCc1ccc(C(=O)Nc2ccc(F)c(C#N)c2)o1. The first-order valence-corrected chi connectivity index (χ1v) is 6.33. The van der Waals surface area contributed by atoms with E-state index >= 15 is 0 Å². The van der Waals surface area contributed by atoms with Crippen LogP contribution < -0.4 is 10.6 Å². The fraction of sp³-hybridized carbons (Fsp3) is 0.133. The Labute approximate surface area is 125 Å². The molecule has 22 heavy (non-hydrogen) atoms. The quantitative estimate of drug-likeness (QED) is 0.904. The molecule has 0 aliphatic rings. The number of carbonyl (C=O) groups excluding carboxylic acids is 2. The molecule has 0 saturated heterocycles. The van der Waals surface area contributed by atoms with Gasteiger partial charge in [0, 0.05) is 12.6 Å². The van der Waals surface area contributed by atoms with Crippen LogP contribution in [0, 0.1) is 17.1 Å². The van der Waals surface area contributed by atoms with Crippen LogP contribution in [0.4, 0.5) is 10.1 Å². The first kappa shape index (κ1) is 15.3. The Morgan fingerprint density at radius 2 is 2.09 bits per heavy atom. The Morgan fingerprint density at radius 3 is 2.77 bits per heavy atom. The van der Waals surface area contributed by atoms with Gasteiger partial charge in [0.15, 0.2) is 5.76 Å². The number of rotatable bonds is 4. The topological polar surface area (TPSA) is 95.1 Å². The lowest BCUT2D eigenvalue weighted by atomic mass is 10.2. The molecule has 0 unspecified atom stereocenters. The molecule has 0 aliphatic carbocycles. The number of furan rings is 1. The Hall–Kier alpha value is -3.14. The zero-order valence-corrected chi connectivity index (χ0v) is 11.6. The molecular formula is C15H12FN3O3. The van der Waals surface area contributed by atoms with Crippen molar-refractivity contribution >= 4 is 17.5 Å². The van der Waals surface area contributed by atoms with Crippen LogP contribution in [-0.4, -0.2) is 11.8 Å². The van der Waals surface area contributed by atoms with Crippen LogP contribution in [0.25, 0.3) is 0 Å². The van der Waals surface area contributed by atoms with E-state index in [1.54, 1.807) is 12.1 Å². The zero-order valence-electron chi connectivity index (χ0n) is 11.6. The molecule has 0 aliphatic heterocycles. The van der Waals surface area contributed by atoms with E-state index in [2.05, 4.69) is 10.6 Å². The number of hydrogen-bond acceptors (Lipinski definition) is 4. The summed E-state index contributed by atoms with van der Waals surface area (Å²) in [6.45, 7) is 1.55. The van der Waals surface area contributed by atoms with Gasteiger partial charge in [0.1, 0.15) is 17.6 Å². The van der Waals surface area contributed by atoms with Crippen LogP contribution in [0.15, 0.2) is 34.7 Å². The molecule has 2 N–H and O–H groups in total. The smallest absolute Gasteiger partial charge is 0.291 e. The van der Waals surface area contributed by atoms with Gasteiger partial charge in [-0.2, -0.15) is 5.26 Å². The third-order valence-corrected chi connectivity index (χ3v) is 2.74. The summed E-state index contributed by atoms with van der Waals surface area (Å²) >= 11 is 0. The van der Waals surface area contributed by atoms with Crippen molar-refractivity contribution in [3.8, 4) is 6.07 Å². The minimum absolute atomic E-state index is 0.0446. The van der Waals surface area contributed by atoms with E-state index in [9.17, 15) is 14.0 Å². The zero-order chi connectivity index (χ0) is 16.1. The summed E-state index contributed by atoms with van der Waals surface area (Å²) < 4.78 is 18.5. The molecule has 0 atom stereocenters. The molecule has 2 aromatic rings. The Morgan fingerprint density at radius 1 is 1.32 bits per heavy atom. The highest BCUT2D eigenvalue weighted by Crippen LogP contribution is 2.16. The number of halogens is 1. The van der Waals surface area contributed by atoms with E-state index in [1.165, 1.54) is 25.1 Å². The van der Waals surface area contributed by atoms with Crippen molar-refractivity contribution in [2.24, 2.45) is 0 Å². The Bertz CT molecular complexity index is 762. The maximum Gasteiger partial charge on any atom is 0.291 e. The molecule has 2 rings (SSSR count). The second-order valence-corrected chi connectivity index (χ2v) is 4.44. The minimum Gasteiger partial charge on any atom is -0.454 e. The van der Waals surface area contributed by atoms with Gasteiger partial charge in [0.2, 0.25) is 5.91 Å². The van der Waals surface area contributed by atoms with Crippen molar-refractivity contribution in [3.05, 3.63) is 53.2 Å². The largest absolute Gasteiger partial charge is 0.454 e. The number of nitrogens with one attached hydrogen (secondary N) is 2. The van der Waals surface area contributed by atoms with Gasteiger partial charge < -0.3 is 15.1 Å². The number of benzene rings is 1. The Kier molecular flexibility index (Phi) is 4.53. The molecule has 0 fully saturated rings. The number of nitrogens with zero attached hydrogens (tertiary/aromatic N) is 1. The van der Waals surface area contributed by atoms with Gasteiger partial charge in [0.25, 0.3) is 5.91 Å². The van der Waals surface area contributed by atoms with Crippen molar-refractivity contribution in [1.29, 1.82) is 5.26 Å². The predicted molar refractivity (Wildman–Crippen MR) is 75.3 cm³/mol. The molecule has 0 spiro atoms. The van der Waals surface area contributed by atoms with Crippen LogP contribution in [0.1, 0.15) is 28.8 Å². The summed E-state index contributed by atoms with van der Waals surface area (Å²) in [7, 11) is 0. The average molecular weight is 301 g/mol. The monoisotopic (exact) mass is 301 g/mol. The van der Waals surface area contributed by atoms with Crippen molar-refractivity contribution in [2.75, 3.05) is 5.32 Å². The third-order valence-electron chi connectivity index (χ3n) is 2.74. The highest BCUT2D eigenvalue weighted by Gasteiger charge is 2.12. The van der Waals surface area contributed by atoms with Crippen molar-refractivity contribution < 1.29 is 18.4 Å². The molecule has 2 amide bonds. The lowest BCUT2D eigenvalue weighted by Crippen LogP contribution is -2.18. The van der Waals surface area contributed by atoms with E-state index in [4.69, 9.17) is 9.68 Å². The summed E-state index contributed by atoms with van der Waals surface area (Å²) in [6.07, 6.45) is 0. The van der Waals surface area contributed by atoms with E-state index in [0.29, 0.717) is 5.76 Å². The molecular weight excluding hydrogens is 289 g/mol. The maximum absolute atomic E-state index is 13.2. The molecule has 6 nitrogen and oxygen atoms in total. The highest BCUT2D eigenvalue weighted by molar-refractivity contribution is 6.02. The molecule has 1 aromatic carbocycles. The van der Waals surface area contributed by atoms with Crippen molar-refractivity contribution in [1.82, 2.24) is 5.32 Å². The van der Waals surface area contributed by atoms with Gasteiger partial charge in [-0.1, -0.05) is 0 Å². The van der Waals surface area contributed by atoms with Crippen LogP contribution in [0.3, 0.4) is 0 Å². The van der Waals surface area contributed by atoms with Gasteiger partial charge in [-0.15, -0.1) is 0 Å². The fourth-order valence-electron chi connectivity index (χ4n) is 1.69. The molecule has 7 heteroatoms. The van der Waals surface area contributed by atoms with Gasteiger partial charge in [0.05, 0.1) is 12.1 Å². The lowest BCUT2D eigenvalue weighted by molar-refractivity contribution is -0.119. The molecule has 1 heterocycles. The van der Waals surface area contributed by atoms with Gasteiger partial charge >= 0.3 is 0 Å². The van der Waals surface area contributed by atoms with Crippen LogP contribution in [0.2, 0.25) is 0 Å². The second-order valence-electron chi connectivity index (χ2n) is 4.44. The summed E-state index contributed by atoms with van der Waals surface area (Å²) in [5, 5.41) is 13.8. The van der Waals surface area contributed by atoms with Crippen molar-refractivity contribution in [3.63, 3.8) is 0 Å². The second kappa shape index (κ2) is 6.54. The summed E-state index contributed by atoms with van der Waals surface area (Å²) in [6, 6.07) is 8.38. The standard InChI is InChI=1S/C15H12FN3O3/c1-9(20)18-8-12-3-5-14(22-12)15(21)19-11-2-4-13(16)10(6-11)7-17/h2-6H,8H2,1H3,(H,18,20)(H,19,21). The number of nitriles is 1. The fourth-order valence-corrected chi connectivity index (χ4v) is 1.69. The van der Waals surface area contributed by atoms with Crippen molar-refractivity contribution in [2.45, 2.75) is 13.5 Å². The summed E-state index contributed by atoms with van der Waals surface area (Å²) in [5.74, 6) is -0.932. The van der Waals surface area contributed by atoms with Gasteiger partial charge in [-0.05, 0) is 30.3 Å². The molecule has 0 bridgehead atoms. The molecule has 0 radical (unpaired) electrons. The lowest BCUT2D eigenvalue weighted by Gasteiger charge is -2.04. The molecule has 1 aromatic heterocycles. The minimum atomic E-state index is -0.656. The molecule has 0 saturated carbocycles. The van der Waals surface area contributed by atoms with E-state index in [-0.39, 0.29) is 29.5 Å². The van der Waals surface area contributed by atoms with Crippen LogP contribution in [-0.2, 0) is 11.3 Å². The van der Waals surface area contributed by atoms with Crippen LogP contribution >= 0.6 is 0 Å². The first-order chi connectivity index (χ1) is 10.5.